The summed E-state index contributed by atoms with van der Waals surface area (Å²) >= 11 is 0. The highest BCUT2D eigenvalue weighted by atomic mass is 16.4. The third-order valence-corrected chi connectivity index (χ3v) is 2.84. The molecule has 0 aliphatic carbocycles. The van der Waals surface area contributed by atoms with Gasteiger partial charge in [0.1, 0.15) is 0 Å². The molecule has 0 saturated carbocycles. The minimum atomic E-state index is -1.07. The largest absolute Gasteiger partial charge is 0.478 e. The van der Waals surface area contributed by atoms with Crippen molar-refractivity contribution < 1.29 is 14.7 Å². The third-order valence-electron chi connectivity index (χ3n) is 2.84. The molecule has 0 bridgehead atoms. The smallest absolute Gasteiger partial charge is 0.337 e. The van der Waals surface area contributed by atoms with Crippen molar-refractivity contribution >= 4 is 23.2 Å². The quantitative estimate of drug-likeness (QED) is 0.782. The van der Waals surface area contributed by atoms with Crippen molar-refractivity contribution in [2.45, 2.75) is 6.92 Å². The molecule has 1 N–H and O–H groups in total. The monoisotopic (exact) mass is 217 g/mol. The zero-order valence-electron chi connectivity index (χ0n) is 9.02. The van der Waals surface area contributed by atoms with Gasteiger partial charge in [-0.25, -0.2) is 4.79 Å². The fourth-order valence-corrected chi connectivity index (χ4v) is 1.90. The van der Waals surface area contributed by atoms with Crippen LogP contribution in [0, 0.1) is 6.92 Å². The van der Waals surface area contributed by atoms with Crippen LogP contribution >= 0.6 is 0 Å². The first kappa shape index (κ1) is 10.4. The van der Waals surface area contributed by atoms with Gasteiger partial charge in [0.05, 0.1) is 5.56 Å². The molecule has 0 spiro atoms. The van der Waals surface area contributed by atoms with Crippen LogP contribution in [0.5, 0.6) is 0 Å². The van der Waals surface area contributed by atoms with Gasteiger partial charge in [-0.3, -0.25) is 4.79 Å². The fraction of sp³-hybridized carbons (Fsp3) is 0.167. The molecule has 0 saturated heterocycles. The number of hydrogen-bond acceptors (Lipinski definition) is 2. The molecular weight excluding hydrogens is 206 g/mol. The Hall–Kier alpha value is -2.10. The first-order chi connectivity index (χ1) is 7.56. The summed E-state index contributed by atoms with van der Waals surface area (Å²) in [4.78, 5) is 21.9. The molecule has 2 aromatic rings. The first-order valence-corrected chi connectivity index (χ1v) is 4.83. The van der Waals surface area contributed by atoms with Gasteiger partial charge in [0.2, 0.25) is 0 Å². The number of hydrogen-bond donors (Lipinski definition) is 1. The number of aromatic carboxylic acids is 1. The Morgan fingerprint density at radius 2 is 2.12 bits per heavy atom. The van der Waals surface area contributed by atoms with Crippen molar-refractivity contribution in [2.75, 3.05) is 0 Å². The number of carbonyl (C=O) groups is 2. The number of carbonyl (C=O) groups excluding carboxylic acids is 1. The number of fused-ring (bicyclic) bond motifs is 1. The Labute approximate surface area is 92.1 Å². The summed E-state index contributed by atoms with van der Waals surface area (Å²) < 4.78 is 1.90. The highest BCUT2D eigenvalue weighted by Gasteiger charge is 2.16. The van der Waals surface area contributed by atoms with Gasteiger partial charge in [0.15, 0.2) is 6.29 Å². The van der Waals surface area contributed by atoms with Crippen LogP contribution in [0.2, 0.25) is 0 Å². The summed E-state index contributed by atoms with van der Waals surface area (Å²) in [6.45, 7) is 1.90. The van der Waals surface area contributed by atoms with Crippen LogP contribution in [-0.4, -0.2) is 21.9 Å². The van der Waals surface area contributed by atoms with E-state index in [1.54, 1.807) is 12.1 Å². The van der Waals surface area contributed by atoms with E-state index in [4.69, 9.17) is 5.11 Å². The Balaban J connectivity index is 2.95. The third kappa shape index (κ3) is 1.31. The molecule has 0 unspecified atom stereocenters. The van der Waals surface area contributed by atoms with Crippen molar-refractivity contribution in [3.63, 3.8) is 0 Å². The van der Waals surface area contributed by atoms with E-state index in [-0.39, 0.29) is 11.1 Å². The predicted octanol–water partition coefficient (Wildman–Crippen LogP) is 2.00. The zero-order chi connectivity index (χ0) is 11.9. The second kappa shape index (κ2) is 3.48. The Kier molecular flexibility index (Phi) is 2.27. The normalized spacial score (nSPS) is 10.6. The molecule has 0 radical (unpaired) electrons. The summed E-state index contributed by atoms with van der Waals surface area (Å²) in [5.74, 6) is -1.07. The minimum absolute atomic E-state index is 0.0798. The van der Waals surface area contributed by atoms with E-state index in [9.17, 15) is 9.59 Å². The molecule has 1 aromatic carbocycles. The van der Waals surface area contributed by atoms with Gasteiger partial charge in [-0.2, -0.15) is 0 Å². The number of aldehydes is 1. The SMILES string of the molecule is Cc1cc2c(C(=O)O)c(C=O)ccc2n1C. The number of benzene rings is 1. The van der Waals surface area contributed by atoms with Crippen LogP contribution in [0.3, 0.4) is 0 Å². The van der Waals surface area contributed by atoms with Gasteiger partial charge in [0, 0.05) is 29.2 Å². The number of nitrogens with zero attached hydrogens (tertiary/aromatic N) is 1. The minimum Gasteiger partial charge on any atom is -0.478 e. The maximum absolute atomic E-state index is 11.1. The molecule has 1 aromatic heterocycles. The van der Waals surface area contributed by atoms with Gasteiger partial charge < -0.3 is 9.67 Å². The Bertz CT molecular complexity index is 596. The summed E-state index contributed by atoms with van der Waals surface area (Å²) in [7, 11) is 1.86. The molecule has 4 nitrogen and oxygen atoms in total. The van der Waals surface area contributed by atoms with Crippen LogP contribution in [-0.2, 0) is 7.05 Å². The van der Waals surface area contributed by atoms with E-state index in [0.717, 1.165) is 11.2 Å². The molecule has 16 heavy (non-hydrogen) atoms. The molecular formula is C12H11NO3. The van der Waals surface area contributed by atoms with Crippen molar-refractivity contribution in [1.82, 2.24) is 4.57 Å². The molecule has 4 heteroatoms. The maximum Gasteiger partial charge on any atom is 0.337 e. The Morgan fingerprint density at radius 1 is 1.44 bits per heavy atom. The van der Waals surface area contributed by atoms with Gasteiger partial charge in [0.25, 0.3) is 0 Å². The van der Waals surface area contributed by atoms with Crippen molar-refractivity contribution in [3.05, 3.63) is 35.0 Å². The summed E-state index contributed by atoms with van der Waals surface area (Å²) in [6, 6.07) is 5.09. The molecule has 0 atom stereocenters. The molecule has 1 heterocycles. The predicted molar refractivity (Wildman–Crippen MR) is 60.0 cm³/mol. The van der Waals surface area contributed by atoms with E-state index < -0.39 is 5.97 Å². The highest BCUT2D eigenvalue weighted by Crippen LogP contribution is 2.24. The van der Waals surface area contributed by atoms with E-state index in [2.05, 4.69) is 0 Å². The second-order valence-corrected chi connectivity index (χ2v) is 3.73. The van der Waals surface area contributed by atoms with Crippen LogP contribution < -0.4 is 0 Å². The van der Waals surface area contributed by atoms with Crippen molar-refractivity contribution in [2.24, 2.45) is 7.05 Å². The van der Waals surface area contributed by atoms with Gasteiger partial charge in [-0.15, -0.1) is 0 Å². The number of carboxylic acid groups (broad SMARTS) is 1. The summed E-state index contributed by atoms with van der Waals surface area (Å²) in [5.41, 5.74) is 2.07. The molecule has 82 valence electrons. The second-order valence-electron chi connectivity index (χ2n) is 3.73. The topological polar surface area (TPSA) is 59.3 Å². The fourth-order valence-electron chi connectivity index (χ4n) is 1.90. The summed E-state index contributed by atoms with van der Waals surface area (Å²) in [6.07, 6.45) is 0.575. The van der Waals surface area contributed by atoms with Crippen LogP contribution in [0.15, 0.2) is 18.2 Å². The van der Waals surface area contributed by atoms with Crippen molar-refractivity contribution in [3.8, 4) is 0 Å². The van der Waals surface area contributed by atoms with Gasteiger partial charge >= 0.3 is 5.97 Å². The van der Waals surface area contributed by atoms with E-state index in [1.807, 2.05) is 18.5 Å². The molecule has 0 amide bonds. The van der Waals surface area contributed by atoms with E-state index >= 15 is 0 Å². The van der Waals surface area contributed by atoms with Gasteiger partial charge in [-0.05, 0) is 25.1 Å². The van der Waals surface area contributed by atoms with Crippen LogP contribution in [0.4, 0.5) is 0 Å². The number of aryl methyl sites for hydroxylation is 2. The lowest BCUT2D eigenvalue weighted by Gasteiger charge is -2.03. The average Bonchev–Trinajstić information content (AvgIpc) is 2.53. The highest BCUT2D eigenvalue weighted by molar-refractivity contribution is 6.09. The lowest BCUT2D eigenvalue weighted by molar-refractivity contribution is 0.0696. The van der Waals surface area contributed by atoms with Gasteiger partial charge in [-0.1, -0.05) is 0 Å². The standard InChI is InChI=1S/C12H11NO3/c1-7-5-9-10(13(7)2)4-3-8(6-14)11(9)12(15)16/h3-6H,1-2H3,(H,15,16). The lowest BCUT2D eigenvalue weighted by atomic mass is 10.0. The molecule has 2 rings (SSSR count). The Morgan fingerprint density at radius 3 is 2.69 bits per heavy atom. The zero-order valence-corrected chi connectivity index (χ0v) is 9.02. The number of carboxylic acids is 1. The first-order valence-electron chi connectivity index (χ1n) is 4.83. The molecule has 0 aliphatic heterocycles. The number of aromatic nitrogens is 1. The van der Waals surface area contributed by atoms with E-state index in [0.29, 0.717) is 11.7 Å². The van der Waals surface area contributed by atoms with Crippen molar-refractivity contribution in [1.29, 1.82) is 0 Å². The molecule has 0 aliphatic rings. The van der Waals surface area contributed by atoms with E-state index in [1.165, 1.54) is 6.07 Å². The maximum atomic E-state index is 11.1. The van der Waals surface area contributed by atoms with Crippen LogP contribution in [0.25, 0.3) is 10.9 Å². The summed E-state index contributed by atoms with van der Waals surface area (Å²) in [5, 5.41) is 9.74. The molecule has 0 fully saturated rings. The number of rotatable bonds is 2. The average molecular weight is 217 g/mol. The lowest BCUT2D eigenvalue weighted by Crippen LogP contribution is -2.02. The van der Waals surface area contributed by atoms with Crippen LogP contribution in [0.1, 0.15) is 26.4 Å².